The number of anilines is 2. The van der Waals surface area contributed by atoms with Gasteiger partial charge in [0, 0.05) is 18.3 Å². The third kappa shape index (κ3) is 5.59. The first-order valence-corrected chi connectivity index (χ1v) is 10.9. The van der Waals surface area contributed by atoms with Crippen molar-refractivity contribution in [2.24, 2.45) is 0 Å². The van der Waals surface area contributed by atoms with Gasteiger partial charge in [-0.1, -0.05) is 11.2 Å². The lowest BCUT2D eigenvalue weighted by atomic mass is 10.1. The van der Waals surface area contributed by atoms with Crippen LogP contribution in [-0.2, 0) is 6.61 Å². The third-order valence-electron chi connectivity index (χ3n) is 5.07. The van der Waals surface area contributed by atoms with Crippen molar-refractivity contribution in [2.45, 2.75) is 33.5 Å². The van der Waals surface area contributed by atoms with Crippen molar-refractivity contribution in [3.8, 4) is 11.5 Å². The summed E-state index contributed by atoms with van der Waals surface area (Å²) in [5, 5.41) is 8.24. The Morgan fingerprint density at radius 1 is 1.06 bits per heavy atom. The van der Waals surface area contributed by atoms with Gasteiger partial charge in [-0.2, -0.15) is 0 Å². The molecule has 0 bridgehead atoms. The van der Waals surface area contributed by atoms with E-state index < -0.39 is 0 Å². The van der Waals surface area contributed by atoms with E-state index in [1.165, 1.54) is 0 Å². The van der Waals surface area contributed by atoms with Gasteiger partial charge in [0.25, 0.3) is 0 Å². The fraction of sp³-hybridized carbons (Fsp3) is 0.320. The quantitative estimate of drug-likeness (QED) is 0.388. The molecule has 2 heterocycles. The second kappa shape index (κ2) is 9.87. The molecule has 4 rings (SSSR count). The van der Waals surface area contributed by atoms with Crippen LogP contribution >= 0.6 is 0 Å². The van der Waals surface area contributed by atoms with Crippen LogP contribution in [-0.4, -0.2) is 46.8 Å². The van der Waals surface area contributed by atoms with Gasteiger partial charge in [0.15, 0.2) is 0 Å². The Morgan fingerprint density at radius 2 is 1.91 bits per heavy atom. The van der Waals surface area contributed by atoms with E-state index in [1.54, 1.807) is 6.33 Å². The van der Waals surface area contributed by atoms with Gasteiger partial charge in [-0.05, 0) is 70.8 Å². The highest BCUT2D eigenvalue weighted by molar-refractivity contribution is 5.95. The molecule has 0 aliphatic carbocycles. The van der Waals surface area contributed by atoms with Gasteiger partial charge < -0.3 is 24.2 Å². The predicted molar refractivity (Wildman–Crippen MR) is 128 cm³/mol. The average molecular weight is 448 g/mol. The summed E-state index contributed by atoms with van der Waals surface area (Å²) in [5.74, 6) is 3.00. The van der Waals surface area contributed by atoms with Crippen molar-refractivity contribution in [1.82, 2.24) is 20.0 Å². The summed E-state index contributed by atoms with van der Waals surface area (Å²) in [6, 6.07) is 13.6. The topological polar surface area (TPSA) is 85.5 Å². The number of hydrogen-bond acceptors (Lipinski definition) is 8. The van der Waals surface area contributed by atoms with Crippen LogP contribution in [0.5, 0.6) is 11.5 Å². The second-order valence-electron chi connectivity index (χ2n) is 8.39. The summed E-state index contributed by atoms with van der Waals surface area (Å²) in [7, 11) is 4.06. The molecule has 0 amide bonds. The molecule has 0 unspecified atom stereocenters. The molecule has 2 aromatic heterocycles. The van der Waals surface area contributed by atoms with E-state index in [1.807, 2.05) is 70.4 Å². The smallest absolute Gasteiger partial charge is 0.145 e. The number of ether oxygens (including phenoxy) is 2. The Balaban J connectivity index is 1.55. The molecule has 0 aliphatic heterocycles. The molecule has 0 radical (unpaired) electrons. The Labute approximate surface area is 193 Å². The molecule has 8 heteroatoms. The minimum absolute atomic E-state index is 0.0193. The maximum Gasteiger partial charge on any atom is 0.145 e. The zero-order chi connectivity index (χ0) is 23.4. The van der Waals surface area contributed by atoms with E-state index in [4.69, 9.17) is 14.0 Å². The molecule has 1 atom stereocenters. The summed E-state index contributed by atoms with van der Waals surface area (Å²) in [6.07, 6.45) is 1.58. The van der Waals surface area contributed by atoms with Crippen molar-refractivity contribution in [3.05, 3.63) is 65.8 Å². The molecular weight excluding hydrogens is 418 g/mol. The van der Waals surface area contributed by atoms with Crippen LogP contribution in [0.15, 0.2) is 53.3 Å². The van der Waals surface area contributed by atoms with E-state index in [0.29, 0.717) is 12.4 Å². The molecule has 0 aliphatic rings. The maximum absolute atomic E-state index is 6.24. The number of hydrogen-bond donors (Lipinski definition) is 1. The van der Waals surface area contributed by atoms with Gasteiger partial charge >= 0.3 is 0 Å². The monoisotopic (exact) mass is 447 g/mol. The van der Waals surface area contributed by atoms with Gasteiger partial charge in [-0.15, -0.1) is 0 Å². The molecule has 0 saturated heterocycles. The van der Waals surface area contributed by atoms with E-state index in [2.05, 4.69) is 32.3 Å². The number of likely N-dealkylation sites (N-methyl/N-ethyl adjacent to an activating group) is 1. The normalized spacial score (nSPS) is 12.2. The van der Waals surface area contributed by atoms with Crippen LogP contribution < -0.4 is 14.8 Å². The number of aromatic nitrogens is 3. The van der Waals surface area contributed by atoms with Gasteiger partial charge in [0.05, 0.1) is 10.9 Å². The molecule has 33 heavy (non-hydrogen) atoms. The van der Waals surface area contributed by atoms with Crippen LogP contribution in [0.2, 0.25) is 0 Å². The van der Waals surface area contributed by atoms with Gasteiger partial charge in [-0.25, -0.2) is 9.97 Å². The maximum atomic E-state index is 6.24. The van der Waals surface area contributed by atoms with E-state index in [-0.39, 0.29) is 6.10 Å². The molecule has 2 aromatic carbocycles. The zero-order valence-electron chi connectivity index (χ0n) is 19.6. The minimum Gasteiger partial charge on any atom is -0.489 e. The van der Waals surface area contributed by atoms with Crippen LogP contribution in [0, 0.1) is 13.8 Å². The lowest BCUT2D eigenvalue weighted by molar-refractivity contribution is 0.179. The largest absolute Gasteiger partial charge is 0.489 e. The van der Waals surface area contributed by atoms with Gasteiger partial charge in [-0.3, -0.25) is 0 Å². The van der Waals surface area contributed by atoms with E-state index in [0.717, 1.165) is 51.7 Å². The van der Waals surface area contributed by atoms with E-state index in [9.17, 15) is 0 Å². The van der Waals surface area contributed by atoms with Crippen molar-refractivity contribution in [1.29, 1.82) is 0 Å². The summed E-state index contributed by atoms with van der Waals surface area (Å²) in [5.41, 5.74) is 3.47. The fourth-order valence-corrected chi connectivity index (χ4v) is 3.70. The Kier molecular flexibility index (Phi) is 6.74. The number of benzene rings is 2. The molecule has 4 aromatic rings. The fourth-order valence-electron chi connectivity index (χ4n) is 3.70. The molecule has 0 fully saturated rings. The highest BCUT2D eigenvalue weighted by Crippen LogP contribution is 2.33. The molecule has 8 nitrogen and oxygen atoms in total. The summed E-state index contributed by atoms with van der Waals surface area (Å²) >= 11 is 0. The lowest BCUT2D eigenvalue weighted by Gasteiger charge is -2.20. The predicted octanol–water partition coefficient (Wildman–Crippen LogP) is 4.89. The summed E-state index contributed by atoms with van der Waals surface area (Å²) in [4.78, 5) is 11.0. The number of fused-ring (bicyclic) bond motifs is 1. The average Bonchev–Trinajstić information content (AvgIpc) is 3.18. The van der Waals surface area contributed by atoms with Gasteiger partial charge in [0.1, 0.15) is 47.8 Å². The highest BCUT2D eigenvalue weighted by atomic mass is 16.5. The molecule has 0 saturated carbocycles. The number of rotatable bonds is 9. The van der Waals surface area contributed by atoms with Crippen molar-refractivity contribution >= 4 is 22.4 Å². The van der Waals surface area contributed by atoms with Crippen molar-refractivity contribution < 1.29 is 14.0 Å². The van der Waals surface area contributed by atoms with Crippen LogP contribution in [0.4, 0.5) is 11.5 Å². The third-order valence-corrected chi connectivity index (χ3v) is 5.07. The first kappa shape index (κ1) is 22.5. The lowest BCUT2D eigenvalue weighted by Crippen LogP contribution is -2.28. The number of nitrogens with one attached hydrogen (secondary N) is 1. The van der Waals surface area contributed by atoms with Crippen LogP contribution in [0.3, 0.4) is 0 Å². The minimum atomic E-state index is 0.0193. The Hall–Kier alpha value is -3.65. The van der Waals surface area contributed by atoms with Crippen molar-refractivity contribution in [3.63, 3.8) is 0 Å². The first-order valence-electron chi connectivity index (χ1n) is 10.9. The molecule has 1 N–H and O–H groups in total. The molecule has 172 valence electrons. The van der Waals surface area contributed by atoms with Crippen molar-refractivity contribution in [2.75, 3.05) is 26.0 Å². The number of nitrogens with zero attached hydrogens (tertiary/aromatic N) is 4. The second-order valence-corrected chi connectivity index (χ2v) is 8.39. The Morgan fingerprint density at radius 3 is 2.64 bits per heavy atom. The van der Waals surface area contributed by atoms with Crippen LogP contribution in [0.1, 0.15) is 23.9 Å². The Bertz CT molecular complexity index is 1230. The standard InChI is InChI=1S/C25H29N5O3/c1-16-11-19(9-10-22(16)31-14-20-12-17(2)33-29-20)28-25-24-21(26-15-27-25)7-6-8-23(24)32-18(3)13-30(4)5/h6-12,15,18H,13-14H2,1-5H3,(H,26,27,28)/t18-/m0/s1. The highest BCUT2D eigenvalue weighted by Gasteiger charge is 2.14. The first-order chi connectivity index (χ1) is 15.9. The van der Waals surface area contributed by atoms with E-state index >= 15 is 0 Å². The SMILES string of the molecule is Cc1cc(COc2ccc(Nc3ncnc4cccc(O[C@@H](C)CN(C)C)c34)cc2C)no1. The van der Waals surface area contributed by atoms with Crippen LogP contribution in [0.25, 0.3) is 10.9 Å². The molecular formula is C25H29N5O3. The molecule has 0 spiro atoms. The number of aryl methyl sites for hydroxylation is 2. The zero-order valence-corrected chi connectivity index (χ0v) is 19.6. The summed E-state index contributed by atoms with van der Waals surface area (Å²) < 4.78 is 17.2. The summed E-state index contributed by atoms with van der Waals surface area (Å²) in [6.45, 7) is 7.08. The van der Waals surface area contributed by atoms with Gasteiger partial charge in [0.2, 0.25) is 0 Å².